The van der Waals surface area contributed by atoms with Gasteiger partial charge in [-0.15, -0.1) is 0 Å². The lowest BCUT2D eigenvalue weighted by atomic mass is 10.1. The molecule has 0 radical (unpaired) electrons. The molecular weight excluding hydrogens is 302 g/mol. The molecule has 1 amide bonds. The van der Waals surface area contributed by atoms with E-state index in [9.17, 15) is 9.59 Å². The van der Waals surface area contributed by atoms with Crippen LogP contribution in [0.5, 0.6) is 0 Å². The lowest BCUT2D eigenvalue weighted by molar-refractivity contribution is -0.119. The van der Waals surface area contributed by atoms with Crippen LogP contribution in [0.3, 0.4) is 0 Å². The lowest BCUT2D eigenvalue weighted by Gasteiger charge is -2.08. The topological polar surface area (TPSA) is 55.4 Å². The average Bonchev–Trinajstić information content (AvgIpc) is 2.59. The van der Waals surface area contributed by atoms with Crippen LogP contribution in [0, 0.1) is 6.92 Å². The van der Waals surface area contributed by atoms with Gasteiger partial charge in [0, 0.05) is 5.69 Å². The van der Waals surface area contributed by atoms with Gasteiger partial charge in [-0.25, -0.2) is 4.79 Å². The highest BCUT2D eigenvalue weighted by Gasteiger charge is 2.10. The van der Waals surface area contributed by atoms with E-state index in [1.165, 1.54) is 5.56 Å². The summed E-state index contributed by atoms with van der Waals surface area (Å²) in [7, 11) is 0. The zero-order valence-electron chi connectivity index (χ0n) is 14.2. The van der Waals surface area contributed by atoms with Crippen LogP contribution in [0.4, 0.5) is 5.69 Å². The molecule has 0 saturated heterocycles. The van der Waals surface area contributed by atoms with Crippen LogP contribution in [0.1, 0.15) is 41.3 Å². The number of carbonyl (C=O) groups excluding carboxylic acids is 2. The number of hydrogen-bond donors (Lipinski definition) is 1. The molecular formula is C20H23NO3. The number of amides is 1. The average molecular weight is 325 g/mol. The highest BCUT2D eigenvalue weighted by molar-refractivity contribution is 5.95. The minimum atomic E-state index is -0.497. The van der Waals surface area contributed by atoms with Crippen molar-refractivity contribution in [2.45, 2.75) is 33.1 Å². The van der Waals surface area contributed by atoms with E-state index in [4.69, 9.17) is 4.74 Å². The molecule has 0 bridgehead atoms. The van der Waals surface area contributed by atoms with Gasteiger partial charge in [0.15, 0.2) is 6.61 Å². The van der Waals surface area contributed by atoms with E-state index >= 15 is 0 Å². The Hall–Kier alpha value is -2.62. The number of aryl methyl sites for hydroxylation is 2. The zero-order chi connectivity index (χ0) is 17.4. The van der Waals surface area contributed by atoms with Crippen LogP contribution in [0.15, 0.2) is 48.5 Å². The van der Waals surface area contributed by atoms with Gasteiger partial charge in [-0.3, -0.25) is 4.79 Å². The van der Waals surface area contributed by atoms with Gasteiger partial charge in [0.2, 0.25) is 0 Å². The summed E-state index contributed by atoms with van der Waals surface area (Å²) in [5.41, 5.74) is 3.37. The SMILES string of the molecule is CCCCc1ccc(NC(=O)COC(=O)c2cccc(C)c2)cc1. The molecule has 2 aromatic carbocycles. The second-order valence-electron chi connectivity index (χ2n) is 5.79. The second kappa shape index (κ2) is 8.87. The molecule has 0 aromatic heterocycles. The van der Waals surface area contributed by atoms with Crippen LogP contribution in [-0.4, -0.2) is 18.5 Å². The Labute approximate surface area is 142 Å². The van der Waals surface area contributed by atoms with Gasteiger partial charge in [0.25, 0.3) is 5.91 Å². The Kier molecular flexibility index (Phi) is 6.55. The van der Waals surface area contributed by atoms with E-state index in [-0.39, 0.29) is 12.5 Å². The van der Waals surface area contributed by atoms with Crippen LogP contribution in [-0.2, 0) is 16.0 Å². The number of benzene rings is 2. The van der Waals surface area contributed by atoms with Gasteiger partial charge in [-0.1, -0.05) is 43.2 Å². The van der Waals surface area contributed by atoms with Crippen molar-refractivity contribution >= 4 is 17.6 Å². The van der Waals surface area contributed by atoms with Crippen LogP contribution in [0.25, 0.3) is 0 Å². The van der Waals surface area contributed by atoms with Crippen molar-refractivity contribution in [3.8, 4) is 0 Å². The van der Waals surface area contributed by atoms with Gasteiger partial charge >= 0.3 is 5.97 Å². The quantitative estimate of drug-likeness (QED) is 0.779. The second-order valence-corrected chi connectivity index (χ2v) is 5.79. The molecule has 24 heavy (non-hydrogen) atoms. The van der Waals surface area contributed by atoms with E-state index in [0.717, 1.165) is 24.8 Å². The van der Waals surface area contributed by atoms with Gasteiger partial charge in [0.05, 0.1) is 5.56 Å². The lowest BCUT2D eigenvalue weighted by Crippen LogP contribution is -2.20. The Morgan fingerprint density at radius 2 is 1.83 bits per heavy atom. The molecule has 126 valence electrons. The third kappa shape index (κ3) is 5.54. The number of nitrogens with one attached hydrogen (secondary N) is 1. The maximum absolute atomic E-state index is 11.9. The molecule has 0 aliphatic rings. The predicted molar refractivity (Wildman–Crippen MR) is 95.1 cm³/mol. The minimum absolute atomic E-state index is 0.301. The smallest absolute Gasteiger partial charge is 0.338 e. The van der Waals surface area contributed by atoms with Crippen molar-refractivity contribution in [3.63, 3.8) is 0 Å². The molecule has 0 fully saturated rings. The molecule has 2 rings (SSSR count). The Bertz CT molecular complexity index is 692. The van der Waals surface area contributed by atoms with Crippen LogP contribution >= 0.6 is 0 Å². The van der Waals surface area contributed by atoms with Crippen LogP contribution in [0.2, 0.25) is 0 Å². The molecule has 0 aliphatic carbocycles. The monoisotopic (exact) mass is 325 g/mol. The first-order chi connectivity index (χ1) is 11.6. The van der Waals surface area contributed by atoms with Crippen molar-refractivity contribution in [1.82, 2.24) is 0 Å². The summed E-state index contributed by atoms with van der Waals surface area (Å²) in [4.78, 5) is 23.8. The van der Waals surface area contributed by atoms with Crippen LogP contribution < -0.4 is 5.32 Å². The third-order valence-electron chi connectivity index (χ3n) is 3.64. The number of anilines is 1. The van der Waals surface area contributed by atoms with Crippen molar-refractivity contribution in [3.05, 3.63) is 65.2 Å². The Morgan fingerprint density at radius 1 is 1.08 bits per heavy atom. The van der Waals surface area contributed by atoms with E-state index < -0.39 is 5.97 Å². The number of rotatable bonds is 7. The minimum Gasteiger partial charge on any atom is -0.452 e. The summed E-state index contributed by atoms with van der Waals surface area (Å²) in [6.07, 6.45) is 3.35. The Balaban J connectivity index is 1.81. The van der Waals surface area contributed by atoms with Crippen molar-refractivity contribution < 1.29 is 14.3 Å². The molecule has 0 heterocycles. The summed E-state index contributed by atoms with van der Waals surface area (Å²) in [6, 6.07) is 14.8. The number of carbonyl (C=O) groups is 2. The van der Waals surface area contributed by atoms with Gasteiger partial charge < -0.3 is 10.1 Å². The summed E-state index contributed by atoms with van der Waals surface area (Å²) in [5.74, 6) is -0.846. The normalized spacial score (nSPS) is 10.2. The fraction of sp³-hybridized carbons (Fsp3) is 0.300. The van der Waals surface area contributed by atoms with Crippen molar-refractivity contribution in [1.29, 1.82) is 0 Å². The highest BCUT2D eigenvalue weighted by atomic mass is 16.5. The maximum Gasteiger partial charge on any atom is 0.338 e. The number of ether oxygens (including phenoxy) is 1. The fourth-order valence-electron chi connectivity index (χ4n) is 2.32. The highest BCUT2D eigenvalue weighted by Crippen LogP contribution is 2.12. The summed E-state index contributed by atoms with van der Waals surface area (Å²) in [5, 5.41) is 2.73. The molecule has 0 saturated carbocycles. The molecule has 0 spiro atoms. The van der Waals surface area contributed by atoms with Crippen molar-refractivity contribution in [2.24, 2.45) is 0 Å². The van der Waals surface area contributed by atoms with E-state index in [2.05, 4.69) is 12.2 Å². The molecule has 1 N–H and O–H groups in total. The standard InChI is InChI=1S/C20H23NO3/c1-3-4-7-16-9-11-18(12-10-16)21-19(22)14-24-20(23)17-8-5-6-15(2)13-17/h5-6,8-13H,3-4,7,14H2,1-2H3,(H,21,22). The number of esters is 1. The maximum atomic E-state index is 11.9. The molecule has 0 aliphatic heterocycles. The first-order valence-electron chi connectivity index (χ1n) is 8.21. The number of hydrogen-bond acceptors (Lipinski definition) is 3. The van der Waals surface area contributed by atoms with E-state index in [1.54, 1.807) is 18.2 Å². The van der Waals surface area contributed by atoms with Gasteiger partial charge in [-0.2, -0.15) is 0 Å². The first kappa shape index (κ1) is 17.7. The molecule has 4 nitrogen and oxygen atoms in total. The molecule has 0 atom stereocenters. The predicted octanol–water partition coefficient (Wildman–Crippen LogP) is 4.13. The largest absolute Gasteiger partial charge is 0.452 e. The first-order valence-corrected chi connectivity index (χ1v) is 8.21. The molecule has 4 heteroatoms. The summed E-state index contributed by atoms with van der Waals surface area (Å²) >= 11 is 0. The van der Waals surface area contributed by atoms with Gasteiger partial charge in [0.1, 0.15) is 0 Å². The molecule has 0 unspecified atom stereocenters. The van der Waals surface area contributed by atoms with Gasteiger partial charge in [-0.05, 0) is 49.6 Å². The van der Waals surface area contributed by atoms with E-state index in [1.807, 2.05) is 37.3 Å². The summed E-state index contributed by atoms with van der Waals surface area (Å²) in [6.45, 7) is 3.75. The van der Waals surface area contributed by atoms with Crippen molar-refractivity contribution in [2.75, 3.05) is 11.9 Å². The summed E-state index contributed by atoms with van der Waals surface area (Å²) < 4.78 is 5.04. The Morgan fingerprint density at radius 3 is 2.50 bits per heavy atom. The fourth-order valence-corrected chi connectivity index (χ4v) is 2.32. The van der Waals surface area contributed by atoms with E-state index in [0.29, 0.717) is 11.3 Å². The zero-order valence-corrected chi connectivity index (χ0v) is 14.2. The third-order valence-corrected chi connectivity index (χ3v) is 3.64. The molecule has 2 aromatic rings. The number of unbranched alkanes of at least 4 members (excludes halogenated alkanes) is 1.